The molecule has 2 rings (SSSR count). The first-order chi connectivity index (χ1) is 9.43. The zero-order chi connectivity index (χ0) is 14.9. The quantitative estimate of drug-likeness (QED) is 0.777. The lowest BCUT2D eigenvalue weighted by Crippen LogP contribution is -2.45. The lowest BCUT2D eigenvalue weighted by molar-refractivity contribution is -0.121. The zero-order valence-electron chi connectivity index (χ0n) is 12.1. The van der Waals surface area contributed by atoms with Crippen LogP contribution in [-0.4, -0.2) is 24.4 Å². The van der Waals surface area contributed by atoms with E-state index in [4.69, 9.17) is 0 Å². The minimum atomic E-state index is -0.551. The summed E-state index contributed by atoms with van der Waals surface area (Å²) in [5, 5.41) is 0. The maximum atomic E-state index is 14.1. The van der Waals surface area contributed by atoms with Gasteiger partial charge in [0.1, 0.15) is 11.6 Å². The highest BCUT2D eigenvalue weighted by molar-refractivity contribution is 5.47. The number of benzene rings is 1. The van der Waals surface area contributed by atoms with E-state index in [0.29, 0.717) is 24.6 Å². The van der Waals surface area contributed by atoms with Crippen LogP contribution in [-0.2, 0) is 4.79 Å². The van der Waals surface area contributed by atoms with Crippen molar-refractivity contribution in [3.8, 4) is 0 Å². The van der Waals surface area contributed by atoms with Crippen LogP contribution in [0.4, 0.5) is 8.78 Å². The lowest BCUT2D eigenvalue weighted by atomic mass is 9.70. The molecular weight excluding hydrogens is 260 g/mol. The Morgan fingerprint density at radius 3 is 2.55 bits per heavy atom. The third-order valence-electron chi connectivity index (χ3n) is 4.37. The molecule has 0 aliphatic carbocycles. The van der Waals surface area contributed by atoms with Crippen LogP contribution >= 0.6 is 0 Å². The van der Waals surface area contributed by atoms with Crippen molar-refractivity contribution in [2.75, 3.05) is 13.1 Å². The molecule has 1 aromatic rings. The van der Waals surface area contributed by atoms with Crippen LogP contribution in [0.15, 0.2) is 18.2 Å². The SMILES string of the molecule is CC(C)C1CN(C=O)C[C@@H](C)C1c1ccc(F)cc1F. The minimum Gasteiger partial charge on any atom is -0.345 e. The fraction of sp³-hybridized carbons (Fsp3) is 0.562. The molecule has 0 bridgehead atoms. The number of hydrogen-bond acceptors (Lipinski definition) is 1. The molecule has 0 radical (unpaired) electrons. The van der Waals surface area contributed by atoms with Gasteiger partial charge in [-0.05, 0) is 35.3 Å². The molecule has 1 aromatic carbocycles. The van der Waals surface area contributed by atoms with Gasteiger partial charge >= 0.3 is 0 Å². The van der Waals surface area contributed by atoms with Gasteiger partial charge in [-0.1, -0.05) is 26.8 Å². The van der Waals surface area contributed by atoms with Gasteiger partial charge in [0.15, 0.2) is 0 Å². The maximum absolute atomic E-state index is 14.1. The maximum Gasteiger partial charge on any atom is 0.209 e. The zero-order valence-corrected chi connectivity index (χ0v) is 12.1. The van der Waals surface area contributed by atoms with E-state index in [1.54, 1.807) is 11.0 Å². The van der Waals surface area contributed by atoms with E-state index < -0.39 is 11.6 Å². The van der Waals surface area contributed by atoms with Crippen LogP contribution in [0, 0.1) is 29.4 Å². The Labute approximate surface area is 118 Å². The summed E-state index contributed by atoms with van der Waals surface area (Å²) in [6, 6.07) is 3.82. The molecule has 2 unspecified atom stereocenters. The number of carbonyl (C=O) groups is 1. The average molecular weight is 281 g/mol. The molecule has 0 aromatic heterocycles. The average Bonchev–Trinajstić information content (AvgIpc) is 2.38. The number of likely N-dealkylation sites (tertiary alicyclic amines) is 1. The number of rotatable bonds is 3. The first-order valence-electron chi connectivity index (χ1n) is 7.08. The fourth-order valence-corrected chi connectivity index (χ4v) is 3.38. The highest BCUT2D eigenvalue weighted by atomic mass is 19.1. The van der Waals surface area contributed by atoms with Crippen molar-refractivity contribution >= 4 is 6.41 Å². The van der Waals surface area contributed by atoms with Gasteiger partial charge < -0.3 is 4.90 Å². The summed E-state index contributed by atoms with van der Waals surface area (Å²) >= 11 is 0. The third-order valence-corrected chi connectivity index (χ3v) is 4.37. The predicted molar refractivity (Wildman–Crippen MR) is 74.2 cm³/mol. The third kappa shape index (κ3) is 2.84. The van der Waals surface area contributed by atoms with Crippen molar-refractivity contribution < 1.29 is 13.6 Å². The van der Waals surface area contributed by atoms with Crippen molar-refractivity contribution in [2.24, 2.45) is 17.8 Å². The molecule has 3 atom stereocenters. The molecule has 1 saturated heterocycles. The number of piperidine rings is 1. The van der Waals surface area contributed by atoms with Crippen LogP contribution in [0.2, 0.25) is 0 Å². The van der Waals surface area contributed by atoms with Gasteiger partial charge in [-0.15, -0.1) is 0 Å². The van der Waals surface area contributed by atoms with Crippen LogP contribution in [0.25, 0.3) is 0 Å². The Kier molecular flexibility index (Phi) is 4.41. The number of nitrogens with zero attached hydrogens (tertiary/aromatic N) is 1. The Morgan fingerprint density at radius 2 is 2.00 bits per heavy atom. The standard InChI is InChI=1S/C16H21F2NO/c1-10(2)14-8-19(9-20)7-11(3)16(14)13-5-4-12(17)6-15(13)18/h4-6,9-11,14,16H,7-8H2,1-3H3/t11-,14?,16?/m1/s1. The topological polar surface area (TPSA) is 20.3 Å². The van der Waals surface area contributed by atoms with Gasteiger partial charge in [0.2, 0.25) is 6.41 Å². The predicted octanol–water partition coefficient (Wildman–Crippen LogP) is 3.43. The van der Waals surface area contributed by atoms with Gasteiger partial charge in [0.05, 0.1) is 0 Å². The van der Waals surface area contributed by atoms with E-state index in [0.717, 1.165) is 12.5 Å². The van der Waals surface area contributed by atoms with Crippen molar-refractivity contribution in [1.29, 1.82) is 0 Å². The number of halogens is 2. The Balaban J connectivity index is 2.38. The van der Waals surface area contributed by atoms with E-state index in [1.807, 2.05) is 6.92 Å². The normalized spacial score (nSPS) is 26.9. The summed E-state index contributed by atoms with van der Waals surface area (Å²) in [7, 11) is 0. The highest BCUT2D eigenvalue weighted by Gasteiger charge is 2.37. The molecule has 0 spiro atoms. The summed E-state index contributed by atoms with van der Waals surface area (Å²) in [6.45, 7) is 7.44. The van der Waals surface area contributed by atoms with Crippen LogP contribution < -0.4 is 0 Å². The van der Waals surface area contributed by atoms with Gasteiger partial charge in [-0.25, -0.2) is 8.78 Å². The summed E-state index contributed by atoms with van der Waals surface area (Å²) in [5.74, 6) is -0.343. The second-order valence-electron chi connectivity index (χ2n) is 6.14. The molecule has 0 N–H and O–H groups in total. The van der Waals surface area contributed by atoms with Crippen molar-refractivity contribution in [3.63, 3.8) is 0 Å². The first kappa shape index (κ1) is 14.9. The molecule has 20 heavy (non-hydrogen) atoms. The van der Waals surface area contributed by atoms with Crippen LogP contribution in [0.3, 0.4) is 0 Å². The fourth-order valence-electron chi connectivity index (χ4n) is 3.38. The molecule has 1 aliphatic rings. The van der Waals surface area contributed by atoms with E-state index in [9.17, 15) is 13.6 Å². The smallest absolute Gasteiger partial charge is 0.209 e. The lowest BCUT2D eigenvalue weighted by Gasteiger charge is -2.43. The van der Waals surface area contributed by atoms with E-state index >= 15 is 0 Å². The number of amides is 1. The molecule has 4 heteroatoms. The molecule has 1 fully saturated rings. The van der Waals surface area contributed by atoms with Gasteiger partial charge in [-0.2, -0.15) is 0 Å². The second kappa shape index (κ2) is 5.90. The van der Waals surface area contributed by atoms with E-state index in [-0.39, 0.29) is 17.8 Å². The molecule has 0 saturated carbocycles. The van der Waals surface area contributed by atoms with Crippen molar-refractivity contribution in [3.05, 3.63) is 35.4 Å². The Bertz CT molecular complexity index is 489. The molecule has 110 valence electrons. The second-order valence-corrected chi connectivity index (χ2v) is 6.14. The number of hydrogen-bond donors (Lipinski definition) is 0. The summed E-state index contributed by atoms with van der Waals surface area (Å²) in [4.78, 5) is 12.8. The van der Waals surface area contributed by atoms with Gasteiger partial charge in [-0.3, -0.25) is 4.79 Å². The van der Waals surface area contributed by atoms with Crippen LogP contribution in [0.5, 0.6) is 0 Å². The minimum absolute atomic E-state index is 0.0202. The monoisotopic (exact) mass is 281 g/mol. The van der Waals surface area contributed by atoms with Crippen molar-refractivity contribution in [1.82, 2.24) is 4.90 Å². The molecule has 2 nitrogen and oxygen atoms in total. The van der Waals surface area contributed by atoms with Crippen LogP contribution in [0.1, 0.15) is 32.3 Å². The van der Waals surface area contributed by atoms with Gasteiger partial charge in [0.25, 0.3) is 0 Å². The molecule has 1 amide bonds. The summed E-state index contributed by atoms with van der Waals surface area (Å²) in [5.41, 5.74) is 0.572. The Hall–Kier alpha value is -1.45. The molecular formula is C16H21F2NO. The summed E-state index contributed by atoms with van der Waals surface area (Å²) < 4.78 is 27.2. The van der Waals surface area contributed by atoms with E-state index in [1.165, 1.54) is 6.07 Å². The van der Waals surface area contributed by atoms with Gasteiger partial charge in [0, 0.05) is 19.2 Å². The molecule has 1 heterocycles. The first-order valence-corrected chi connectivity index (χ1v) is 7.08. The van der Waals surface area contributed by atoms with E-state index in [2.05, 4.69) is 13.8 Å². The Morgan fingerprint density at radius 1 is 1.30 bits per heavy atom. The van der Waals surface area contributed by atoms with Crippen molar-refractivity contribution in [2.45, 2.75) is 26.7 Å². The highest BCUT2D eigenvalue weighted by Crippen LogP contribution is 2.41. The largest absolute Gasteiger partial charge is 0.345 e. The number of carbonyl (C=O) groups excluding carboxylic acids is 1. The summed E-state index contributed by atoms with van der Waals surface area (Å²) in [6.07, 6.45) is 0.864. The molecule has 1 aliphatic heterocycles.